The number of aliphatic hydroxyl groups is 1. The number of carbonyl (C=O) groups is 1. The molecule has 0 saturated heterocycles. The number of rotatable bonds is 7. The van der Waals surface area contributed by atoms with Crippen molar-refractivity contribution in [3.63, 3.8) is 0 Å². The van der Waals surface area contributed by atoms with Crippen LogP contribution in [0.15, 0.2) is 0 Å². The molecule has 0 spiro atoms. The fourth-order valence-corrected chi connectivity index (χ4v) is 2.69. The third kappa shape index (κ3) is 5.07. The van der Waals surface area contributed by atoms with Gasteiger partial charge in [-0.1, -0.05) is 34.6 Å². The molecule has 0 aliphatic carbocycles. The molecule has 0 radical (unpaired) electrons. The second-order valence-electron chi connectivity index (χ2n) is 5.78. The first-order valence-corrected chi connectivity index (χ1v) is 6.57. The van der Waals surface area contributed by atoms with Crippen molar-refractivity contribution in [2.75, 3.05) is 7.11 Å². The molecule has 102 valence electrons. The minimum Gasteiger partial charge on any atom is -0.469 e. The van der Waals surface area contributed by atoms with E-state index in [9.17, 15) is 9.90 Å². The number of ether oxygens (including phenoxy) is 1. The van der Waals surface area contributed by atoms with Crippen molar-refractivity contribution in [3.8, 4) is 0 Å². The van der Waals surface area contributed by atoms with Crippen LogP contribution in [-0.2, 0) is 9.53 Å². The summed E-state index contributed by atoms with van der Waals surface area (Å²) in [6.07, 6.45) is 1.89. The fraction of sp³-hybridized carbons (Fsp3) is 0.929. The standard InChI is InChI=1S/C14H28O3/c1-7-12(13(15)17-6)14(16,8-10(2)3)9-11(4)5/h10-12,16H,7-9H2,1-6H3. The summed E-state index contributed by atoms with van der Waals surface area (Å²) in [6.45, 7) is 10.2. The predicted molar refractivity (Wildman–Crippen MR) is 69.7 cm³/mol. The maximum atomic E-state index is 11.8. The van der Waals surface area contributed by atoms with Gasteiger partial charge in [-0.2, -0.15) is 0 Å². The SMILES string of the molecule is CCC(C(=O)OC)C(O)(CC(C)C)CC(C)C. The van der Waals surface area contributed by atoms with Crippen LogP contribution in [0.5, 0.6) is 0 Å². The summed E-state index contributed by atoms with van der Waals surface area (Å²) in [5.74, 6) is 0.00325. The Labute approximate surface area is 106 Å². The van der Waals surface area contributed by atoms with Crippen LogP contribution in [0.25, 0.3) is 0 Å². The molecule has 0 aromatic heterocycles. The molecule has 1 atom stereocenters. The highest BCUT2D eigenvalue weighted by Crippen LogP contribution is 2.34. The highest BCUT2D eigenvalue weighted by atomic mass is 16.5. The van der Waals surface area contributed by atoms with Crippen LogP contribution in [-0.4, -0.2) is 23.8 Å². The molecule has 3 nitrogen and oxygen atoms in total. The maximum absolute atomic E-state index is 11.8. The molecular formula is C14H28O3. The largest absolute Gasteiger partial charge is 0.469 e. The minimum absolute atomic E-state index is 0.295. The molecule has 0 aromatic carbocycles. The van der Waals surface area contributed by atoms with Crippen molar-refractivity contribution in [1.82, 2.24) is 0 Å². The molecule has 0 rings (SSSR count). The summed E-state index contributed by atoms with van der Waals surface area (Å²) in [6, 6.07) is 0. The van der Waals surface area contributed by atoms with E-state index in [0.717, 1.165) is 0 Å². The van der Waals surface area contributed by atoms with Crippen LogP contribution >= 0.6 is 0 Å². The Morgan fingerprint density at radius 1 is 1.18 bits per heavy atom. The molecule has 0 saturated carbocycles. The molecule has 0 aliphatic rings. The summed E-state index contributed by atoms with van der Waals surface area (Å²) < 4.78 is 4.81. The van der Waals surface area contributed by atoms with Gasteiger partial charge in [-0.3, -0.25) is 4.79 Å². The Hall–Kier alpha value is -0.570. The lowest BCUT2D eigenvalue weighted by Crippen LogP contribution is -2.44. The van der Waals surface area contributed by atoms with Crippen molar-refractivity contribution in [3.05, 3.63) is 0 Å². The molecule has 0 amide bonds. The highest BCUT2D eigenvalue weighted by Gasteiger charge is 2.41. The van der Waals surface area contributed by atoms with Crippen LogP contribution in [0.3, 0.4) is 0 Å². The van der Waals surface area contributed by atoms with E-state index in [1.165, 1.54) is 7.11 Å². The van der Waals surface area contributed by atoms with Gasteiger partial charge in [0.1, 0.15) is 0 Å². The van der Waals surface area contributed by atoms with Gasteiger partial charge in [-0.05, 0) is 31.1 Å². The second kappa shape index (κ2) is 7.00. The van der Waals surface area contributed by atoms with E-state index in [-0.39, 0.29) is 5.97 Å². The molecule has 0 bridgehead atoms. The number of hydrogen-bond donors (Lipinski definition) is 1. The van der Waals surface area contributed by atoms with Crippen molar-refractivity contribution in [2.24, 2.45) is 17.8 Å². The molecule has 0 fully saturated rings. The lowest BCUT2D eigenvalue weighted by molar-refractivity contribution is -0.159. The fourth-order valence-electron chi connectivity index (χ4n) is 2.69. The molecule has 1 N–H and O–H groups in total. The number of carbonyl (C=O) groups excluding carboxylic acids is 1. The first-order chi connectivity index (χ1) is 7.76. The van der Waals surface area contributed by atoms with E-state index in [1.807, 2.05) is 6.92 Å². The summed E-state index contributed by atoms with van der Waals surface area (Å²) >= 11 is 0. The quantitative estimate of drug-likeness (QED) is 0.700. The lowest BCUT2D eigenvalue weighted by Gasteiger charge is -2.37. The van der Waals surface area contributed by atoms with Crippen LogP contribution in [0.4, 0.5) is 0 Å². The molecule has 0 aromatic rings. The van der Waals surface area contributed by atoms with Gasteiger partial charge in [0.2, 0.25) is 0 Å². The first-order valence-electron chi connectivity index (χ1n) is 6.57. The number of methoxy groups -OCH3 is 1. The second-order valence-corrected chi connectivity index (χ2v) is 5.78. The van der Waals surface area contributed by atoms with E-state index in [0.29, 0.717) is 31.1 Å². The van der Waals surface area contributed by atoms with Crippen molar-refractivity contribution < 1.29 is 14.6 Å². The smallest absolute Gasteiger partial charge is 0.311 e. The van der Waals surface area contributed by atoms with Crippen LogP contribution in [0.1, 0.15) is 53.9 Å². The summed E-state index contributed by atoms with van der Waals surface area (Å²) in [4.78, 5) is 11.8. The molecule has 17 heavy (non-hydrogen) atoms. The summed E-state index contributed by atoms with van der Waals surface area (Å²) in [5, 5.41) is 10.8. The van der Waals surface area contributed by atoms with Gasteiger partial charge in [0.05, 0.1) is 18.6 Å². The summed E-state index contributed by atoms with van der Waals surface area (Å²) in [7, 11) is 1.39. The lowest BCUT2D eigenvalue weighted by atomic mass is 9.74. The van der Waals surface area contributed by atoms with Crippen molar-refractivity contribution >= 4 is 5.97 Å². The Bertz CT molecular complexity index is 224. The van der Waals surface area contributed by atoms with E-state index >= 15 is 0 Å². The summed E-state index contributed by atoms with van der Waals surface area (Å²) in [5.41, 5.74) is -0.940. The Kier molecular flexibility index (Phi) is 6.76. The molecule has 0 heterocycles. The highest BCUT2D eigenvalue weighted by molar-refractivity contribution is 5.73. The van der Waals surface area contributed by atoms with Crippen molar-refractivity contribution in [1.29, 1.82) is 0 Å². The van der Waals surface area contributed by atoms with Gasteiger partial charge < -0.3 is 9.84 Å². The molecular weight excluding hydrogens is 216 g/mol. The van der Waals surface area contributed by atoms with Gasteiger partial charge in [-0.25, -0.2) is 0 Å². The minimum atomic E-state index is -0.940. The third-order valence-corrected chi connectivity index (χ3v) is 3.07. The van der Waals surface area contributed by atoms with Crippen LogP contribution < -0.4 is 0 Å². The Morgan fingerprint density at radius 2 is 1.59 bits per heavy atom. The van der Waals surface area contributed by atoms with Crippen molar-refractivity contribution in [2.45, 2.75) is 59.5 Å². The van der Waals surface area contributed by atoms with Gasteiger partial charge in [0.15, 0.2) is 0 Å². The number of esters is 1. The van der Waals surface area contributed by atoms with Gasteiger partial charge >= 0.3 is 5.97 Å². The normalized spacial score (nSPS) is 14.2. The Morgan fingerprint density at radius 3 is 1.82 bits per heavy atom. The zero-order valence-electron chi connectivity index (χ0n) is 12.1. The van der Waals surface area contributed by atoms with Gasteiger partial charge in [0.25, 0.3) is 0 Å². The monoisotopic (exact) mass is 244 g/mol. The third-order valence-electron chi connectivity index (χ3n) is 3.07. The van der Waals surface area contributed by atoms with Crippen LogP contribution in [0.2, 0.25) is 0 Å². The zero-order chi connectivity index (χ0) is 13.6. The maximum Gasteiger partial charge on any atom is 0.311 e. The topological polar surface area (TPSA) is 46.5 Å². The molecule has 1 unspecified atom stereocenters. The van der Waals surface area contributed by atoms with E-state index in [1.54, 1.807) is 0 Å². The van der Waals surface area contributed by atoms with E-state index in [2.05, 4.69) is 27.7 Å². The number of hydrogen-bond acceptors (Lipinski definition) is 3. The Balaban J connectivity index is 5.03. The predicted octanol–water partition coefficient (Wildman–Crippen LogP) is 3.01. The van der Waals surface area contributed by atoms with Gasteiger partial charge in [-0.15, -0.1) is 0 Å². The first kappa shape index (κ1) is 16.4. The van der Waals surface area contributed by atoms with E-state index < -0.39 is 11.5 Å². The van der Waals surface area contributed by atoms with E-state index in [4.69, 9.17) is 4.74 Å². The van der Waals surface area contributed by atoms with Crippen LogP contribution in [0, 0.1) is 17.8 Å². The molecule has 3 heteroatoms. The average molecular weight is 244 g/mol. The zero-order valence-corrected chi connectivity index (χ0v) is 12.1. The van der Waals surface area contributed by atoms with Gasteiger partial charge in [0, 0.05) is 0 Å². The molecule has 0 aliphatic heterocycles. The average Bonchev–Trinajstić information content (AvgIpc) is 2.15.